The number of hydrogen-bond donors (Lipinski definition) is 3. The molecule has 9 heteroatoms. The number of ether oxygens (including phenoxy) is 2. The maximum absolute atomic E-state index is 11.9. The summed E-state index contributed by atoms with van der Waals surface area (Å²) in [5.74, 6) is 0.0207. The molecule has 0 aliphatic carbocycles. The van der Waals surface area contributed by atoms with Crippen LogP contribution in [0, 0.1) is 0 Å². The minimum atomic E-state index is -0.643. The molecule has 9 nitrogen and oxygen atoms in total. The van der Waals surface area contributed by atoms with E-state index < -0.39 is 24.0 Å². The van der Waals surface area contributed by atoms with Crippen LogP contribution in [0.4, 0.5) is 5.95 Å². The third-order valence-electron chi connectivity index (χ3n) is 5.14. The number of fused-ring (bicyclic) bond motifs is 1. The van der Waals surface area contributed by atoms with Crippen LogP contribution >= 0.6 is 0 Å². The van der Waals surface area contributed by atoms with Gasteiger partial charge < -0.3 is 20.3 Å². The largest absolute Gasteiger partial charge is 0.390 e. The Morgan fingerprint density at radius 3 is 2.86 bits per heavy atom. The van der Waals surface area contributed by atoms with Gasteiger partial charge in [0, 0.05) is 13.0 Å². The fourth-order valence-electron chi connectivity index (χ4n) is 3.55. The van der Waals surface area contributed by atoms with Crippen molar-refractivity contribution in [2.24, 2.45) is 0 Å². The van der Waals surface area contributed by atoms with Crippen molar-refractivity contribution < 1.29 is 14.6 Å². The number of aliphatic hydroxyl groups excluding tert-OH is 1. The smallest absolute Gasteiger partial charge is 0.280 e. The van der Waals surface area contributed by atoms with Crippen molar-refractivity contribution in [1.82, 2.24) is 19.5 Å². The van der Waals surface area contributed by atoms with E-state index in [-0.39, 0.29) is 11.5 Å². The molecule has 1 aliphatic rings. The van der Waals surface area contributed by atoms with Crippen LogP contribution in [0.2, 0.25) is 0 Å². The molecule has 0 unspecified atom stereocenters. The molecule has 156 valence electrons. The number of nitrogens with two attached hydrogens (primary N) is 1. The minimum Gasteiger partial charge on any atom is -0.390 e. The Bertz CT molecular complexity index is 805. The zero-order valence-electron chi connectivity index (χ0n) is 16.5. The number of aromatic amines is 1. The molecule has 2 aromatic rings. The highest BCUT2D eigenvalue weighted by molar-refractivity contribution is 5.70. The number of hydrogen-bond acceptors (Lipinski definition) is 7. The first-order chi connectivity index (χ1) is 13.6. The molecule has 1 fully saturated rings. The zero-order chi connectivity index (χ0) is 19.9. The molecule has 2 aromatic heterocycles. The molecule has 0 spiro atoms. The Kier molecular flexibility index (Phi) is 7.41. The summed E-state index contributed by atoms with van der Waals surface area (Å²) < 4.78 is 13.3. The predicted molar refractivity (Wildman–Crippen MR) is 106 cm³/mol. The maximum Gasteiger partial charge on any atom is 0.280 e. The molecule has 0 bridgehead atoms. The first kappa shape index (κ1) is 20.8. The van der Waals surface area contributed by atoms with Crippen LogP contribution in [0.5, 0.6) is 0 Å². The van der Waals surface area contributed by atoms with Crippen LogP contribution in [0.25, 0.3) is 11.2 Å². The summed E-state index contributed by atoms with van der Waals surface area (Å²) in [5, 5.41) is 10.3. The monoisotopic (exact) mass is 393 g/mol. The Labute approximate surface area is 164 Å². The van der Waals surface area contributed by atoms with Gasteiger partial charge in [0.25, 0.3) is 5.56 Å². The van der Waals surface area contributed by atoms with Crippen LogP contribution in [0.3, 0.4) is 0 Å². The van der Waals surface area contributed by atoms with Crippen molar-refractivity contribution in [2.45, 2.75) is 76.7 Å². The van der Waals surface area contributed by atoms with Gasteiger partial charge in [-0.3, -0.25) is 14.3 Å². The summed E-state index contributed by atoms with van der Waals surface area (Å²) in [6, 6.07) is 0. The van der Waals surface area contributed by atoms with Gasteiger partial charge in [0.05, 0.1) is 19.0 Å². The number of aliphatic hydroxyl groups is 1. The van der Waals surface area contributed by atoms with Crippen LogP contribution in [-0.2, 0) is 9.47 Å². The van der Waals surface area contributed by atoms with Crippen LogP contribution < -0.4 is 11.3 Å². The van der Waals surface area contributed by atoms with Crippen molar-refractivity contribution in [3.05, 3.63) is 16.7 Å². The average molecular weight is 393 g/mol. The molecule has 4 N–H and O–H groups in total. The number of aromatic nitrogens is 4. The van der Waals surface area contributed by atoms with E-state index in [0.29, 0.717) is 25.3 Å². The van der Waals surface area contributed by atoms with E-state index in [2.05, 4.69) is 21.9 Å². The molecule has 3 rings (SSSR count). The van der Waals surface area contributed by atoms with Crippen LogP contribution in [-0.4, -0.2) is 50.0 Å². The van der Waals surface area contributed by atoms with Gasteiger partial charge in [0.2, 0.25) is 5.95 Å². The van der Waals surface area contributed by atoms with Gasteiger partial charge in [-0.1, -0.05) is 45.4 Å². The van der Waals surface area contributed by atoms with Crippen LogP contribution in [0.15, 0.2) is 11.1 Å². The van der Waals surface area contributed by atoms with E-state index in [9.17, 15) is 9.90 Å². The molecule has 0 radical (unpaired) electrons. The lowest BCUT2D eigenvalue weighted by Crippen LogP contribution is -2.26. The van der Waals surface area contributed by atoms with Crippen molar-refractivity contribution in [1.29, 1.82) is 0 Å². The van der Waals surface area contributed by atoms with Gasteiger partial charge in [0.1, 0.15) is 12.3 Å². The summed E-state index contributed by atoms with van der Waals surface area (Å²) in [5.41, 5.74) is 5.78. The molecule has 3 atom stereocenters. The lowest BCUT2D eigenvalue weighted by molar-refractivity contribution is -0.0617. The molecule has 1 aliphatic heterocycles. The second-order valence-corrected chi connectivity index (χ2v) is 7.40. The predicted octanol–water partition coefficient (Wildman–Crippen LogP) is 2.12. The summed E-state index contributed by atoms with van der Waals surface area (Å²) in [6.45, 7) is 3.24. The van der Waals surface area contributed by atoms with Crippen molar-refractivity contribution in [3.63, 3.8) is 0 Å². The average Bonchev–Trinajstić information content (AvgIpc) is 3.24. The van der Waals surface area contributed by atoms with Gasteiger partial charge in [-0.05, 0) is 6.42 Å². The number of nitrogens with one attached hydrogen (secondary N) is 1. The molecule has 1 saturated heterocycles. The number of nitrogen functional groups attached to an aromatic ring is 1. The van der Waals surface area contributed by atoms with Crippen LogP contribution in [0.1, 0.15) is 64.5 Å². The number of nitrogens with zero attached hydrogens (tertiary/aromatic N) is 3. The topological polar surface area (TPSA) is 128 Å². The fraction of sp³-hybridized carbons (Fsp3) is 0.737. The highest BCUT2D eigenvalue weighted by Crippen LogP contribution is 2.30. The Morgan fingerprint density at radius 1 is 1.32 bits per heavy atom. The highest BCUT2D eigenvalue weighted by Gasteiger charge is 2.36. The van der Waals surface area contributed by atoms with E-state index in [1.165, 1.54) is 44.9 Å². The van der Waals surface area contributed by atoms with E-state index in [1.807, 2.05) is 0 Å². The molecule has 0 amide bonds. The summed E-state index contributed by atoms with van der Waals surface area (Å²) in [6.07, 6.45) is 8.99. The third-order valence-corrected chi connectivity index (χ3v) is 5.14. The minimum absolute atomic E-state index is 0.0207. The molecule has 0 aromatic carbocycles. The standard InChI is InChI=1S/C19H31N5O4/c1-2-3-4-5-6-7-8-9-27-11-14-13(25)10-15(28-14)24-12-21-16-17(24)22-19(20)23-18(16)26/h12-15,25H,2-11H2,1H3,(H3,20,22,23,26)/t13-,14+,15+/m0/s1. The quantitative estimate of drug-likeness (QED) is 0.499. The van der Waals surface area contributed by atoms with Crippen molar-refractivity contribution in [3.8, 4) is 0 Å². The summed E-state index contributed by atoms with van der Waals surface area (Å²) in [4.78, 5) is 22.5. The number of anilines is 1. The van der Waals surface area contributed by atoms with Gasteiger partial charge in [-0.2, -0.15) is 4.98 Å². The SMILES string of the molecule is CCCCCCCCCOC[C@H]1O[C@@H](n2cnc3c(=O)[nH]c(N)nc32)C[C@@H]1O. The van der Waals surface area contributed by atoms with E-state index >= 15 is 0 Å². The Balaban J connectivity index is 1.44. The number of H-pyrrole nitrogens is 1. The normalized spacial score (nSPS) is 22.3. The van der Waals surface area contributed by atoms with Crippen molar-refractivity contribution >= 4 is 17.1 Å². The molecule has 0 saturated carbocycles. The second kappa shape index (κ2) is 9.99. The maximum atomic E-state index is 11.9. The van der Waals surface area contributed by atoms with E-state index in [0.717, 1.165) is 6.42 Å². The molecular formula is C19H31N5O4. The Hall–Kier alpha value is -1.97. The molecule has 28 heavy (non-hydrogen) atoms. The van der Waals surface area contributed by atoms with Gasteiger partial charge in [-0.25, -0.2) is 4.98 Å². The third kappa shape index (κ3) is 5.09. The molecule has 3 heterocycles. The second-order valence-electron chi connectivity index (χ2n) is 7.40. The van der Waals surface area contributed by atoms with Gasteiger partial charge in [-0.15, -0.1) is 0 Å². The van der Waals surface area contributed by atoms with E-state index in [4.69, 9.17) is 15.2 Å². The lowest BCUT2D eigenvalue weighted by atomic mass is 10.1. The zero-order valence-corrected chi connectivity index (χ0v) is 16.5. The first-order valence-corrected chi connectivity index (χ1v) is 10.2. The van der Waals surface area contributed by atoms with Gasteiger partial charge >= 0.3 is 0 Å². The van der Waals surface area contributed by atoms with Gasteiger partial charge in [0.15, 0.2) is 11.2 Å². The summed E-state index contributed by atoms with van der Waals surface area (Å²) >= 11 is 0. The Morgan fingerprint density at radius 2 is 2.07 bits per heavy atom. The lowest BCUT2D eigenvalue weighted by Gasteiger charge is -2.16. The van der Waals surface area contributed by atoms with E-state index in [1.54, 1.807) is 4.57 Å². The van der Waals surface area contributed by atoms with Crippen molar-refractivity contribution in [2.75, 3.05) is 18.9 Å². The fourth-order valence-corrected chi connectivity index (χ4v) is 3.55. The summed E-state index contributed by atoms with van der Waals surface area (Å²) in [7, 11) is 0. The highest BCUT2D eigenvalue weighted by atomic mass is 16.6. The number of rotatable bonds is 11. The number of imidazole rings is 1. The molecular weight excluding hydrogens is 362 g/mol. The first-order valence-electron chi connectivity index (χ1n) is 10.2. The number of unbranched alkanes of at least 4 members (excludes halogenated alkanes) is 6.